The third-order valence-electron chi connectivity index (χ3n) is 3.30. The van der Waals surface area contributed by atoms with Crippen molar-refractivity contribution in [3.63, 3.8) is 0 Å². The number of likely N-dealkylation sites (tertiary alicyclic amines) is 1. The van der Waals surface area contributed by atoms with E-state index in [0.29, 0.717) is 5.02 Å². The summed E-state index contributed by atoms with van der Waals surface area (Å²) in [6.45, 7) is 1.78. The van der Waals surface area contributed by atoms with Crippen LogP contribution in [-0.4, -0.2) is 39.5 Å². The summed E-state index contributed by atoms with van der Waals surface area (Å²) in [5, 5.41) is 0.427. The molecule has 0 spiro atoms. The molecule has 3 N–H and O–H groups in total. The first-order valence-electron chi connectivity index (χ1n) is 6.14. The van der Waals surface area contributed by atoms with Gasteiger partial charge in [-0.2, -0.15) is 0 Å². The second-order valence-electron chi connectivity index (χ2n) is 4.88. The number of nitrogens with zero attached hydrogens (tertiary/aromatic N) is 1. The second kappa shape index (κ2) is 5.66. The van der Waals surface area contributed by atoms with E-state index in [1.54, 1.807) is 0 Å². The van der Waals surface area contributed by atoms with Crippen molar-refractivity contribution in [2.45, 2.75) is 23.8 Å². The van der Waals surface area contributed by atoms with Gasteiger partial charge in [0.15, 0.2) is 0 Å². The molecule has 1 aliphatic heterocycles. The number of hydrogen-bond acceptors (Lipinski definition) is 4. The van der Waals surface area contributed by atoms with Gasteiger partial charge in [-0.05, 0) is 51.2 Å². The van der Waals surface area contributed by atoms with Crippen molar-refractivity contribution >= 4 is 27.3 Å². The smallest absolute Gasteiger partial charge is 0.242 e. The van der Waals surface area contributed by atoms with Crippen molar-refractivity contribution in [1.82, 2.24) is 9.62 Å². The van der Waals surface area contributed by atoms with Gasteiger partial charge in [-0.25, -0.2) is 13.1 Å². The van der Waals surface area contributed by atoms with E-state index >= 15 is 0 Å². The Hall–Kier alpha value is -0.820. The van der Waals surface area contributed by atoms with E-state index in [1.807, 2.05) is 7.05 Å². The SMILES string of the molecule is CN1CCC(NS(=O)(=O)c2ccc(Cl)cc2N)CC1. The first-order chi connectivity index (χ1) is 8.88. The van der Waals surface area contributed by atoms with Crippen LogP contribution in [0.4, 0.5) is 5.69 Å². The standard InChI is InChI=1S/C12H18ClN3O2S/c1-16-6-4-10(5-7-16)15-19(17,18)12-3-2-9(13)8-11(12)14/h2-3,8,10,15H,4-7,14H2,1H3. The minimum atomic E-state index is -3.58. The van der Waals surface area contributed by atoms with Gasteiger partial charge in [0.05, 0.1) is 5.69 Å². The topological polar surface area (TPSA) is 75.4 Å². The molecule has 2 rings (SSSR count). The van der Waals surface area contributed by atoms with Crippen LogP contribution in [0, 0.1) is 0 Å². The maximum absolute atomic E-state index is 12.3. The molecule has 1 heterocycles. The lowest BCUT2D eigenvalue weighted by atomic mass is 10.1. The molecule has 1 saturated heterocycles. The lowest BCUT2D eigenvalue weighted by Gasteiger charge is -2.29. The van der Waals surface area contributed by atoms with Crippen molar-refractivity contribution in [3.05, 3.63) is 23.2 Å². The summed E-state index contributed by atoms with van der Waals surface area (Å²) in [5.41, 5.74) is 5.90. The van der Waals surface area contributed by atoms with Crippen LogP contribution in [-0.2, 0) is 10.0 Å². The zero-order chi connectivity index (χ0) is 14.0. The Kier molecular flexibility index (Phi) is 4.35. The Morgan fingerprint density at radius 2 is 2.00 bits per heavy atom. The highest BCUT2D eigenvalue weighted by Crippen LogP contribution is 2.23. The summed E-state index contributed by atoms with van der Waals surface area (Å²) < 4.78 is 27.2. The second-order valence-corrected chi connectivity index (χ2v) is 7.00. The van der Waals surface area contributed by atoms with Gasteiger partial charge in [0.25, 0.3) is 0 Å². The molecule has 1 aliphatic rings. The zero-order valence-electron chi connectivity index (χ0n) is 10.8. The number of nitrogens with two attached hydrogens (primary N) is 1. The Morgan fingerprint density at radius 3 is 2.58 bits per heavy atom. The molecule has 0 unspecified atom stereocenters. The van der Waals surface area contributed by atoms with Crippen molar-refractivity contribution in [2.75, 3.05) is 25.9 Å². The molecular weight excluding hydrogens is 286 g/mol. The maximum atomic E-state index is 12.3. The van der Waals surface area contributed by atoms with Crippen molar-refractivity contribution in [1.29, 1.82) is 0 Å². The van der Waals surface area contributed by atoms with Gasteiger partial charge in [-0.3, -0.25) is 0 Å². The number of piperidine rings is 1. The molecule has 1 aromatic carbocycles. The van der Waals surface area contributed by atoms with Crippen molar-refractivity contribution in [3.8, 4) is 0 Å². The van der Waals surface area contributed by atoms with Gasteiger partial charge in [0.1, 0.15) is 4.90 Å². The predicted molar refractivity (Wildman–Crippen MR) is 76.7 cm³/mol. The van der Waals surface area contributed by atoms with Crippen LogP contribution in [0.5, 0.6) is 0 Å². The lowest BCUT2D eigenvalue weighted by molar-refractivity contribution is 0.248. The number of nitrogen functional groups attached to an aromatic ring is 1. The summed E-state index contributed by atoms with van der Waals surface area (Å²) >= 11 is 5.77. The highest BCUT2D eigenvalue weighted by Gasteiger charge is 2.24. The van der Waals surface area contributed by atoms with E-state index in [9.17, 15) is 8.42 Å². The third kappa shape index (κ3) is 3.60. The minimum Gasteiger partial charge on any atom is -0.398 e. The van der Waals surface area contributed by atoms with Crippen LogP contribution in [0.15, 0.2) is 23.1 Å². The van der Waals surface area contributed by atoms with Gasteiger partial charge in [0, 0.05) is 11.1 Å². The molecule has 7 heteroatoms. The van der Waals surface area contributed by atoms with Gasteiger partial charge in [-0.1, -0.05) is 11.6 Å². The van der Waals surface area contributed by atoms with E-state index in [0.717, 1.165) is 25.9 Å². The highest BCUT2D eigenvalue weighted by atomic mass is 35.5. The summed E-state index contributed by atoms with van der Waals surface area (Å²) in [4.78, 5) is 2.28. The zero-order valence-corrected chi connectivity index (χ0v) is 12.3. The molecule has 0 aromatic heterocycles. The van der Waals surface area contributed by atoms with E-state index in [4.69, 9.17) is 17.3 Å². The molecule has 1 aromatic rings. The van der Waals surface area contributed by atoms with Gasteiger partial charge in [0.2, 0.25) is 10.0 Å². The normalized spacial score (nSPS) is 18.6. The lowest BCUT2D eigenvalue weighted by Crippen LogP contribution is -2.43. The van der Waals surface area contributed by atoms with Crippen LogP contribution in [0.2, 0.25) is 5.02 Å². The van der Waals surface area contributed by atoms with Gasteiger partial charge < -0.3 is 10.6 Å². The molecule has 0 saturated carbocycles. The molecule has 0 radical (unpaired) electrons. The summed E-state index contributed by atoms with van der Waals surface area (Å²) in [5.74, 6) is 0. The van der Waals surface area contributed by atoms with Crippen LogP contribution in [0.1, 0.15) is 12.8 Å². The van der Waals surface area contributed by atoms with E-state index in [1.165, 1.54) is 18.2 Å². The summed E-state index contributed by atoms with van der Waals surface area (Å²) in [6.07, 6.45) is 1.62. The highest BCUT2D eigenvalue weighted by molar-refractivity contribution is 7.89. The average molecular weight is 304 g/mol. The van der Waals surface area contributed by atoms with E-state index < -0.39 is 10.0 Å². The number of anilines is 1. The van der Waals surface area contributed by atoms with Gasteiger partial charge >= 0.3 is 0 Å². The summed E-state index contributed by atoms with van der Waals surface area (Å²) in [7, 11) is -1.55. The molecule has 0 amide bonds. The predicted octanol–water partition coefficient (Wildman–Crippen LogP) is 1.29. The number of sulfonamides is 1. The van der Waals surface area contributed by atoms with Crippen molar-refractivity contribution < 1.29 is 8.42 Å². The van der Waals surface area contributed by atoms with Crippen molar-refractivity contribution in [2.24, 2.45) is 0 Å². The monoisotopic (exact) mass is 303 g/mol. The molecular formula is C12H18ClN3O2S. The molecule has 106 valence electrons. The van der Waals surface area contributed by atoms with Crippen LogP contribution in [0.25, 0.3) is 0 Å². The largest absolute Gasteiger partial charge is 0.398 e. The number of rotatable bonds is 3. The Morgan fingerprint density at radius 1 is 1.37 bits per heavy atom. The van der Waals surface area contributed by atoms with Crippen LogP contribution in [0.3, 0.4) is 0 Å². The van der Waals surface area contributed by atoms with Gasteiger partial charge in [-0.15, -0.1) is 0 Å². The number of hydrogen-bond donors (Lipinski definition) is 2. The molecule has 0 atom stereocenters. The molecule has 5 nitrogen and oxygen atoms in total. The Labute approximate surface area is 118 Å². The maximum Gasteiger partial charge on any atom is 0.242 e. The Balaban J connectivity index is 2.14. The summed E-state index contributed by atoms with van der Waals surface area (Å²) in [6, 6.07) is 4.39. The first kappa shape index (κ1) is 14.6. The fraction of sp³-hybridized carbons (Fsp3) is 0.500. The quantitative estimate of drug-likeness (QED) is 0.825. The molecule has 19 heavy (non-hydrogen) atoms. The minimum absolute atomic E-state index is 0.0312. The average Bonchev–Trinajstić information content (AvgIpc) is 2.31. The molecule has 0 aliphatic carbocycles. The number of halogens is 1. The molecule has 1 fully saturated rings. The fourth-order valence-corrected chi connectivity index (χ4v) is 3.77. The third-order valence-corrected chi connectivity index (χ3v) is 5.13. The fourth-order valence-electron chi connectivity index (χ4n) is 2.17. The van der Waals surface area contributed by atoms with Crippen LogP contribution >= 0.6 is 11.6 Å². The molecule has 0 bridgehead atoms. The Bertz CT molecular complexity index is 554. The number of benzene rings is 1. The number of nitrogens with one attached hydrogen (secondary N) is 1. The van der Waals surface area contributed by atoms with Crippen LogP contribution < -0.4 is 10.5 Å². The van der Waals surface area contributed by atoms with E-state index in [-0.39, 0.29) is 16.6 Å². The van der Waals surface area contributed by atoms with E-state index in [2.05, 4.69) is 9.62 Å². The first-order valence-corrected chi connectivity index (χ1v) is 8.00.